The second-order valence-electron chi connectivity index (χ2n) is 3.37. The number of benzene rings is 1. The number of carbonyl (C=O) groups excluding carboxylic acids is 1. The molecule has 0 saturated heterocycles. The molecule has 1 aromatic rings. The first-order valence-corrected chi connectivity index (χ1v) is 5.48. The van der Waals surface area contributed by atoms with E-state index in [0.717, 1.165) is 0 Å². The summed E-state index contributed by atoms with van der Waals surface area (Å²) < 4.78 is 18.8. The van der Waals surface area contributed by atoms with Crippen LogP contribution in [0, 0.1) is 5.82 Å². The number of ether oxygens (including phenoxy) is 1. The molecule has 1 unspecified atom stereocenters. The summed E-state index contributed by atoms with van der Waals surface area (Å²) in [7, 11) is 0. The molecule has 6 heteroatoms. The van der Waals surface area contributed by atoms with Crippen molar-refractivity contribution in [1.82, 2.24) is 0 Å². The van der Waals surface area contributed by atoms with Gasteiger partial charge in [-0.3, -0.25) is 4.79 Å². The van der Waals surface area contributed by atoms with Crippen LogP contribution < -0.4 is 10.1 Å². The van der Waals surface area contributed by atoms with Crippen LogP contribution in [-0.2, 0) is 4.79 Å². The molecule has 0 aromatic heterocycles. The highest BCUT2D eigenvalue weighted by atomic mass is 79.9. The lowest BCUT2D eigenvalue weighted by atomic mass is 10.2. The molecule has 1 aliphatic rings. The largest absolute Gasteiger partial charge is 0.478 e. The number of halogens is 2. The molecular weight excluding hydrogens is 281 g/mol. The van der Waals surface area contributed by atoms with Crippen LogP contribution in [0.3, 0.4) is 0 Å². The van der Waals surface area contributed by atoms with Gasteiger partial charge < -0.3 is 15.2 Å². The summed E-state index contributed by atoms with van der Waals surface area (Å²) in [4.78, 5) is 11.5. The first kappa shape index (κ1) is 11.3. The molecule has 0 saturated carbocycles. The second kappa shape index (κ2) is 4.39. The van der Waals surface area contributed by atoms with Crippen LogP contribution in [-0.4, -0.2) is 23.7 Å². The van der Waals surface area contributed by atoms with E-state index < -0.39 is 11.9 Å². The lowest BCUT2D eigenvalue weighted by molar-refractivity contribution is -0.124. The fraction of sp³-hybridized carbons (Fsp3) is 0.300. The maximum atomic E-state index is 13.2. The van der Waals surface area contributed by atoms with Crippen LogP contribution in [0.2, 0.25) is 0 Å². The van der Waals surface area contributed by atoms with Crippen molar-refractivity contribution in [3.63, 3.8) is 0 Å². The Bertz CT molecular complexity index is 438. The SMILES string of the molecule is O=C1Nc2cc(Br)c(F)cc2OC1CCO. The Morgan fingerprint density at radius 2 is 2.31 bits per heavy atom. The number of fused-ring (bicyclic) bond motifs is 1. The summed E-state index contributed by atoms with van der Waals surface area (Å²) >= 11 is 3.02. The van der Waals surface area contributed by atoms with Crippen LogP contribution in [0.5, 0.6) is 5.75 Å². The lowest BCUT2D eigenvalue weighted by Crippen LogP contribution is -2.37. The zero-order chi connectivity index (χ0) is 11.7. The molecule has 0 bridgehead atoms. The number of anilines is 1. The third kappa shape index (κ3) is 2.03. The monoisotopic (exact) mass is 289 g/mol. The van der Waals surface area contributed by atoms with Gasteiger partial charge >= 0.3 is 0 Å². The lowest BCUT2D eigenvalue weighted by Gasteiger charge is -2.25. The molecule has 1 heterocycles. The highest BCUT2D eigenvalue weighted by Gasteiger charge is 2.27. The van der Waals surface area contributed by atoms with Crippen molar-refractivity contribution in [1.29, 1.82) is 0 Å². The van der Waals surface area contributed by atoms with Crippen molar-refractivity contribution in [2.45, 2.75) is 12.5 Å². The van der Waals surface area contributed by atoms with Gasteiger partial charge in [0.1, 0.15) is 11.6 Å². The van der Waals surface area contributed by atoms with Crippen molar-refractivity contribution in [2.24, 2.45) is 0 Å². The number of aliphatic hydroxyl groups is 1. The van der Waals surface area contributed by atoms with Crippen molar-refractivity contribution < 1.29 is 19.0 Å². The summed E-state index contributed by atoms with van der Waals surface area (Å²) in [6.07, 6.45) is -0.582. The molecule has 1 aromatic carbocycles. The highest BCUT2D eigenvalue weighted by molar-refractivity contribution is 9.10. The van der Waals surface area contributed by atoms with E-state index in [1.54, 1.807) is 0 Å². The van der Waals surface area contributed by atoms with Crippen molar-refractivity contribution in [3.05, 3.63) is 22.4 Å². The van der Waals surface area contributed by atoms with Gasteiger partial charge in [-0.2, -0.15) is 0 Å². The molecule has 0 radical (unpaired) electrons. The van der Waals surface area contributed by atoms with E-state index in [4.69, 9.17) is 9.84 Å². The fourth-order valence-electron chi connectivity index (χ4n) is 1.45. The molecule has 2 N–H and O–H groups in total. The molecule has 2 rings (SSSR count). The molecule has 0 spiro atoms. The summed E-state index contributed by atoms with van der Waals surface area (Å²) in [5.74, 6) is -0.517. The number of rotatable bonds is 2. The van der Waals surface area contributed by atoms with E-state index in [1.807, 2.05) is 0 Å². The number of hydrogen-bond acceptors (Lipinski definition) is 3. The fourth-order valence-corrected chi connectivity index (χ4v) is 1.79. The van der Waals surface area contributed by atoms with Crippen LogP contribution in [0.4, 0.5) is 10.1 Å². The third-order valence-corrected chi connectivity index (χ3v) is 2.84. The summed E-state index contributed by atoms with van der Waals surface area (Å²) in [5.41, 5.74) is 0.424. The van der Waals surface area contributed by atoms with Crippen molar-refractivity contribution in [2.75, 3.05) is 11.9 Å². The van der Waals surface area contributed by atoms with Crippen LogP contribution >= 0.6 is 15.9 Å². The standard InChI is InChI=1S/C10H9BrFNO3/c11-5-3-7-9(4-6(5)12)16-8(1-2-14)10(15)13-7/h3-4,8,14H,1-2H2,(H,13,15). The number of hydrogen-bond donors (Lipinski definition) is 2. The van der Waals surface area contributed by atoms with Gasteiger partial charge in [0.15, 0.2) is 6.10 Å². The topological polar surface area (TPSA) is 58.6 Å². The quantitative estimate of drug-likeness (QED) is 0.871. The Labute approximate surface area is 99.5 Å². The summed E-state index contributed by atoms with van der Waals surface area (Å²) in [6, 6.07) is 2.64. The van der Waals surface area contributed by atoms with Gasteiger partial charge in [0, 0.05) is 19.1 Å². The van der Waals surface area contributed by atoms with Crippen LogP contribution in [0.25, 0.3) is 0 Å². The Hall–Kier alpha value is -1.14. The summed E-state index contributed by atoms with van der Waals surface area (Å²) in [6.45, 7) is -0.160. The van der Waals surface area contributed by atoms with E-state index >= 15 is 0 Å². The molecule has 4 nitrogen and oxygen atoms in total. The Kier molecular flexibility index (Phi) is 3.11. The van der Waals surface area contributed by atoms with E-state index in [-0.39, 0.29) is 29.2 Å². The molecule has 0 aliphatic carbocycles. The van der Waals surface area contributed by atoms with E-state index in [2.05, 4.69) is 21.2 Å². The van der Waals surface area contributed by atoms with Gasteiger partial charge in [-0.15, -0.1) is 0 Å². The minimum Gasteiger partial charge on any atom is -0.478 e. The van der Waals surface area contributed by atoms with Crippen molar-refractivity contribution in [3.8, 4) is 5.75 Å². The average Bonchev–Trinajstić information content (AvgIpc) is 2.23. The maximum absolute atomic E-state index is 13.2. The first-order valence-electron chi connectivity index (χ1n) is 4.69. The Morgan fingerprint density at radius 3 is 3.00 bits per heavy atom. The van der Waals surface area contributed by atoms with E-state index in [0.29, 0.717) is 5.69 Å². The zero-order valence-electron chi connectivity index (χ0n) is 8.17. The second-order valence-corrected chi connectivity index (χ2v) is 4.22. The van der Waals surface area contributed by atoms with Gasteiger partial charge in [-0.25, -0.2) is 4.39 Å². The van der Waals surface area contributed by atoms with E-state index in [9.17, 15) is 9.18 Å². The Balaban J connectivity index is 2.32. The minimum absolute atomic E-state index is 0.160. The average molecular weight is 290 g/mol. The first-order chi connectivity index (χ1) is 7.61. The minimum atomic E-state index is -0.766. The van der Waals surface area contributed by atoms with Crippen LogP contribution in [0.15, 0.2) is 16.6 Å². The molecule has 86 valence electrons. The van der Waals surface area contributed by atoms with Gasteiger partial charge in [0.05, 0.1) is 10.2 Å². The Morgan fingerprint density at radius 1 is 1.56 bits per heavy atom. The van der Waals surface area contributed by atoms with Gasteiger partial charge in [-0.05, 0) is 22.0 Å². The smallest absolute Gasteiger partial charge is 0.265 e. The number of aliphatic hydroxyl groups excluding tert-OH is 1. The number of amides is 1. The van der Waals surface area contributed by atoms with E-state index in [1.165, 1.54) is 12.1 Å². The molecular formula is C10H9BrFNO3. The number of nitrogens with one attached hydrogen (secondary N) is 1. The van der Waals surface area contributed by atoms with Crippen LogP contribution in [0.1, 0.15) is 6.42 Å². The molecule has 1 aliphatic heterocycles. The maximum Gasteiger partial charge on any atom is 0.265 e. The van der Waals surface area contributed by atoms with Gasteiger partial charge in [-0.1, -0.05) is 0 Å². The predicted molar refractivity (Wildman–Crippen MR) is 58.8 cm³/mol. The molecule has 1 atom stereocenters. The van der Waals surface area contributed by atoms with Gasteiger partial charge in [0.2, 0.25) is 0 Å². The molecule has 16 heavy (non-hydrogen) atoms. The van der Waals surface area contributed by atoms with Crippen molar-refractivity contribution >= 4 is 27.5 Å². The zero-order valence-corrected chi connectivity index (χ0v) is 9.75. The van der Waals surface area contributed by atoms with Gasteiger partial charge in [0.25, 0.3) is 5.91 Å². The molecule has 1 amide bonds. The highest BCUT2D eigenvalue weighted by Crippen LogP contribution is 2.34. The summed E-state index contributed by atoms with van der Waals surface area (Å²) in [5, 5.41) is 11.3. The molecule has 0 fully saturated rings. The number of carbonyl (C=O) groups is 1. The third-order valence-electron chi connectivity index (χ3n) is 2.23. The predicted octanol–water partition coefficient (Wildman–Crippen LogP) is 1.67. The normalized spacial score (nSPS) is 18.7.